The summed E-state index contributed by atoms with van der Waals surface area (Å²) in [5.74, 6) is -0.124. The van der Waals surface area contributed by atoms with E-state index in [1.165, 1.54) is 27.8 Å². The summed E-state index contributed by atoms with van der Waals surface area (Å²) in [6, 6.07) is 8.36. The Hall–Kier alpha value is -1.27. The quantitative estimate of drug-likeness (QED) is 0.833. The molecule has 0 atom stereocenters. The molecule has 0 spiro atoms. The van der Waals surface area contributed by atoms with Crippen molar-refractivity contribution in [1.29, 1.82) is 0 Å². The molecule has 0 bridgehead atoms. The van der Waals surface area contributed by atoms with Gasteiger partial charge in [0.1, 0.15) is 5.82 Å². The van der Waals surface area contributed by atoms with Crippen molar-refractivity contribution in [2.75, 3.05) is 13.2 Å². The number of thiophene rings is 1. The van der Waals surface area contributed by atoms with E-state index in [4.69, 9.17) is 9.47 Å². The highest BCUT2D eigenvalue weighted by atomic mass is 32.1. The summed E-state index contributed by atoms with van der Waals surface area (Å²) in [6.45, 7) is 3.51. The van der Waals surface area contributed by atoms with Crippen molar-refractivity contribution in [2.45, 2.75) is 38.6 Å². The fraction of sp³-hybridized carbons (Fsp3) is 0.444. The number of halogens is 1. The van der Waals surface area contributed by atoms with Crippen LogP contribution in [0.1, 0.15) is 29.5 Å². The molecule has 0 radical (unpaired) electrons. The fourth-order valence-electron chi connectivity index (χ4n) is 2.66. The average Bonchev–Trinajstić information content (AvgIpc) is 3.00. The number of hydrogen-bond donors (Lipinski definition) is 1. The first-order valence-corrected chi connectivity index (χ1v) is 8.94. The zero-order valence-corrected chi connectivity index (χ0v) is 13.9. The predicted molar refractivity (Wildman–Crippen MR) is 89.9 cm³/mol. The van der Waals surface area contributed by atoms with Gasteiger partial charge in [0.15, 0.2) is 0 Å². The van der Waals surface area contributed by atoms with Gasteiger partial charge >= 0.3 is 0 Å². The lowest BCUT2D eigenvalue weighted by molar-refractivity contribution is -0.0390. The van der Waals surface area contributed by atoms with Crippen LogP contribution in [0.15, 0.2) is 35.0 Å². The number of hydrogen-bond acceptors (Lipinski definition) is 4. The summed E-state index contributed by atoms with van der Waals surface area (Å²) >= 11 is 1.39. The topological polar surface area (TPSA) is 30.5 Å². The van der Waals surface area contributed by atoms with Crippen LogP contribution in [0.2, 0.25) is 0 Å². The second kappa shape index (κ2) is 8.55. The van der Waals surface area contributed by atoms with E-state index in [-0.39, 0.29) is 5.82 Å². The molecule has 3 rings (SSSR count). The number of nitrogens with one attached hydrogen (secondary N) is 1. The zero-order valence-electron chi connectivity index (χ0n) is 13.1. The van der Waals surface area contributed by atoms with Crippen LogP contribution >= 0.6 is 11.3 Å². The molecule has 1 aliphatic heterocycles. The third-order valence-corrected chi connectivity index (χ3v) is 4.74. The Morgan fingerprint density at radius 3 is 2.78 bits per heavy atom. The molecule has 2 aromatic rings. The van der Waals surface area contributed by atoms with Crippen LogP contribution in [0.25, 0.3) is 0 Å². The largest absolute Gasteiger partial charge is 0.381 e. The lowest BCUT2D eigenvalue weighted by atomic mass is 10.1. The molecule has 1 aromatic heterocycles. The zero-order chi connectivity index (χ0) is 15.9. The van der Waals surface area contributed by atoms with Gasteiger partial charge in [-0.15, -0.1) is 11.3 Å². The van der Waals surface area contributed by atoms with Gasteiger partial charge in [0.05, 0.1) is 12.7 Å². The molecule has 3 nitrogen and oxygen atoms in total. The molecule has 0 saturated carbocycles. The second-order valence-electron chi connectivity index (χ2n) is 5.79. The molecule has 1 fully saturated rings. The van der Waals surface area contributed by atoms with Gasteiger partial charge in [-0.25, -0.2) is 4.39 Å². The summed E-state index contributed by atoms with van der Waals surface area (Å²) in [6.07, 6.45) is 2.27. The Balaban J connectivity index is 1.45. The van der Waals surface area contributed by atoms with E-state index in [9.17, 15) is 4.39 Å². The van der Waals surface area contributed by atoms with E-state index in [1.54, 1.807) is 0 Å². The van der Waals surface area contributed by atoms with Crippen LogP contribution in [-0.4, -0.2) is 19.3 Å². The Kier molecular flexibility index (Phi) is 6.16. The van der Waals surface area contributed by atoms with E-state index in [0.717, 1.165) is 38.2 Å². The van der Waals surface area contributed by atoms with Crippen molar-refractivity contribution in [3.63, 3.8) is 0 Å². The maximum Gasteiger partial charge on any atom is 0.138 e. The van der Waals surface area contributed by atoms with Gasteiger partial charge in [-0.05, 0) is 29.3 Å². The normalized spacial score (nSPS) is 15.9. The smallest absolute Gasteiger partial charge is 0.138 e. The molecule has 0 aliphatic carbocycles. The summed E-state index contributed by atoms with van der Waals surface area (Å²) < 4.78 is 24.7. The molecule has 5 heteroatoms. The van der Waals surface area contributed by atoms with Crippen LogP contribution in [0, 0.1) is 5.82 Å². The minimum atomic E-state index is -0.124. The van der Waals surface area contributed by atoms with E-state index >= 15 is 0 Å². The lowest BCUT2D eigenvalue weighted by Gasteiger charge is -2.22. The Morgan fingerprint density at radius 1 is 1.17 bits per heavy atom. The van der Waals surface area contributed by atoms with E-state index < -0.39 is 0 Å². The first kappa shape index (κ1) is 16.6. The monoisotopic (exact) mass is 335 g/mol. The lowest BCUT2D eigenvalue weighted by Crippen LogP contribution is -2.23. The molecule has 1 saturated heterocycles. The van der Waals surface area contributed by atoms with Gasteiger partial charge in [0, 0.05) is 37.2 Å². The SMILES string of the molecule is Fc1cscc1CNCc1cccc(COC2CCOCC2)c1. The molecule has 2 heterocycles. The van der Waals surface area contributed by atoms with Crippen molar-refractivity contribution in [1.82, 2.24) is 5.32 Å². The average molecular weight is 335 g/mol. The maximum atomic E-state index is 13.4. The summed E-state index contributed by atoms with van der Waals surface area (Å²) in [5.41, 5.74) is 3.10. The highest BCUT2D eigenvalue weighted by Crippen LogP contribution is 2.15. The highest BCUT2D eigenvalue weighted by molar-refractivity contribution is 7.08. The van der Waals surface area contributed by atoms with Crippen LogP contribution in [0.5, 0.6) is 0 Å². The van der Waals surface area contributed by atoms with Gasteiger partial charge in [-0.2, -0.15) is 0 Å². The number of benzene rings is 1. The maximum absolute atomic E-state index is 13.4. The van der Waals surface area contributed by atoms with Gasteiger partial charge in [0.25, 0.3) is 0 Å². The van der Waals surface area contributed by atoms with Crippen LogP contribution in [-0.2, 0) is 29.2 Å². The van der Waals surface area contributed by atoms with Gasteiger partial charge in [0.2, 0.25) is 0 Å². The summed E-state index contributed by atoms with van der Waals surface area (Å²) in [7, 11) is 0. The highest BCUT2D eigenvalue weighted by Gasteiger charge is 2.14. The molecule has 0 unspecified atom stereocenters. The molecule has 23 heavy (non-hydrogen) atoms. The van der Waals surface area contributed by atoms with Crippen molar-refractivity contribution < 1.29 is 13.9 Å². The summed E-state index contributed by atoms with van der Waals surface area (Å²) in [5, 5.41) is 6.67. The molecule has 0 amide bonds. The van der Waals surface area contributed by atoms with E-state index in [0.29, 0.717) is 19.3 Å². The molecular formula is C18H22FNO2S. The van der Waals surface area contributed by atoms with Gasteiger partial charge in [-0.1, -0.05) is 24.3 Å². The van der Waals surface area contributed by atoms with Crippen LogP contribution < -0.4 is 5.32 Å². The molecule has 1 aromatic carbocycles. The van der Waals surface area contributed by atoms with Crippen LogP contribution in [0.3, 0.4) is 0 Å². The Labute approximate surface area is 140 Å². The first-order chi connectivity index (χ1) is 11.3. The van der Waals surface area contributed by atoms with E-state index in [2.05, 4.69) is 23.5 Å². The number of ether oxygens (including phenoxy) is 2. The minimum Gasteiger partial charge on any atom is -0.381 e. The van der Waals surface area contributed by atoms with Crippen molar-refractivity contribution in [2.24, 2.45) is 0 Å². The minimum absolute atomic E-state index is 0.124. The van der Waals surface area contributed by atoms with Crippen molar-refractivity contribution in [3.8, 4) is 0 Å². The summed E-state index contributed by atoms with van der Waals surface area (Å²) in [4.78, 5) is 0. The fourth-order valence-corrected chi connectivity index (χ4v) is 3.36. The number of rotatable bonds is 7. The van der Waals surface area contributed by atoms with Crippen LogP contribution in [0.4, 0.5) is 4.39 Å². The molecule has 1 aliphatic rings. The van der Waals surface area contributed by atoms with E-state index in [1.807, 2.05) is 11.4 Å². The standard InChI is InChI=1S/C18H22FNO2S/c19-18-13-23-12-16(18)10-20-9-14-2-1-3-15(8-14)11-22-17-4-6-21-7-5-17/h1-3,8,12-13,17,20H,4-7,9-11H2. The first-order valence-electron chi connectivity index (χ1n) is 8.00. The Bertz CT molecular complexity index is 611. The second-order valence-corrected chi connectivity index (χ2v) is 6.53. The molecular weight excluding hydrogens is 313 g/mol. The third kappa shape index (κ3) is 5.11. The van der Waals surface area contributed by atoms with Gasteiger partial charge < -0.3 is 14.8 Å². The van der Waals surface area contributed by atoms with Crippen molar-refractivity contribution >= 4 is 11.3 Å². The third-order valence-electron chi connectivity index (χ3n) is 3.98. The predicted octanol–water partition coefficient (Wildman–Crippen LogP) is 3.87. The van der Waals surface area contributed by atoms with Crippen molar-refractivity contribution in [3.05, 3.63) is 57.5 Å². The van der Waals surface area contributed by atoms with Gasteiger partial charge in [-0.3, -0.25) is 0 Å². The Morgan fingerprint density at radius 2 is 2.00 bits per heavy atom. The molecule has 1 N–H and O–H groups in total. The molecule has 124 valence electrons.